The van der Waals surface area contributed by atoms with Gasteiger partial charge in [0.15, 0.2) is 11.6 Å². The summed E-state index contributed by atoms with van der Waals surface area (Å²) in [6.45, 7) is 4.84. The molecule has 0 radical (unpaired) electrons. The Bertz CT molecular complexity index is 1870. The van der Waals surface area contributed by atoms with Crippen molar-refractivity contribution in [2.45, 2.75) is 18.9 Å². The number of nitrogens with one attached hydrogen (secondary N) is 2. The molecule has 14 heteroatoms. The van der Waals surface area contributed by atoms with Crippen LogP contribution in [0.4, 0.5) is 27.4 Å². The van der Waals surface area contributed by atoms with Crippen LogP contribution >= 0.6 is 0 Å². The molecule has 1 saturated heterocycles. The predicted molar refractivity (Wildman–Crippen MR) is 173 cm³/mol. The molecule has 13 nitrogen and oxygen atoms in total. The maximum Gasteiger partial charge on any atom is 0.245 e. The van der Waals surface area contributed by atoms with Crippen molar-refractivity contribution in [3.8, 4) is 23.2 Å². The van der Waals surface area contributed by atoms with Gasteiger partial charge in [-0.1, -0.05) is 6.58 Å². The Balaban J connectivity index is 1.17. The minimum absolute atomic E-state index is 0.0607. The van der Waals surface area contributed by atoms with Gasteiger partial charge in [-0.15, -0.1) is 15.3 Å². The topological polar surface area (TPSA) is 135 Å². The number of aromatic nitrogens is 6. The third kappa shape index (κ3) is 6.50. The number of carbonyl (C=O) groups is 1. The Morgan fingerprint density at radius 1 is 1.07 bits per heavy atom. The van der Waals surface area contributed by atoms with Crippen molar-refractivity contribution in [3.05, 3.63) is 79.5 Å². The Morgan fingerprint density at radius 3 is 2.59 bits per heavy atom. The molecule has 0 aliphatic carbocycles. The second kappa shape index (κ2) is 13.1. The van der Waals surface area contributed by atoms with E-state index in [0.29, 0.717) is 41.4 Å². The van der Waals surface area contributed by atoms with Gasteiger partial charge in [0.05, 0.1) is 24.0 Å². The molecule has 1 aliphatic rings. The lowest BCUT2D eigenvalue weighted by Gasteiger charge is -2.32. The molecular weight excluding hydrogens is 591 g/mol. The van der Waals surface area contributed by atoms with E-state index in [2.05, 4.69) is 42.5 Å². The number of fused-ring (bicyclic) bond motifs is 1. The van der Waals surface area contributed by atoms with E-state index in [1.807, 2.05) is 37.2 Å². The van der Waals surface area contributed by atoms with Crippen LogP contribution in [0.3, 0.4) is 0 Å². The van der Waals surface area contributed by atoms with Crippen LogP contribution in [0.5, 0.6) is 17.4 Å². The number of rotatable bonds is 10. The molecule has 46 heavy (non-hydrogen) atoms. The van der Waals surface area contributed by atoms with E-state index in [-0.39, 0.29) is 29.3 Å². The van der Waals surface area contributed by atoms with Crippen LogP contribution in [0.2, 0.25) is 0 Å². The summed E-state index contributed by atoms with van der Waals surface area (Å²) in [5.74, 6) is 2.22. The van der Waals surface area contributed by atoms with Gasteiger partial charge in [0, 0.05) is 63.0 Å². The summed E-state index contributed by atoms with van der Waals surface area (Å²) in [4.78, 5) is 24.4. The van der Waals surface area contributed by atoms with Crippen molar-refractivity contribution in [2.24, 2.45) is 0 Å². The summed E-state index contributed by atoms with van der Waals surface area (Å²) in [5.41, 5.74) is 1.59. The van der Waals surface area contributed by atoms with Crippen molar-refractivity contribution in [2.75, 3.05) is 49.8 Å². The molecule has 4 heterocycles. The molecule has 0 unspecified atom stereocenters. The Labute approximate surface area is 264 Å². The standard InChI is InChI=1S/C32H33FN10O3/c1-5-31(44)42-13-10-20(11-14-42)36-26-17-22-25(18-27(26)45-4)34-19-35-32(22)37-24-7-6-21(16-23(24)33)46-30-12-15-43(40-30)29-9-8-28(38-39-29)41(2)3/h5-9,12,15-20,36H,1,10-11,13-14H2,2-4H3,(H,34,35,37). The second-order valence-electron chi connectivity index (χ2n) is 10.9. The van der Waals surface area contributed by atoms with Crippen LogP contribution in [0.1, 0.15) is 12.8 Å². The molecule has 6 rings (SSSR count). The maximum absolute atomic E-state index is 15.3. The summed E-state index contributed by atoms with van der Waals surface area (Å²) in [5, 5.41) is 20.0. The van der Waals surface area contributed by atoms with E-state index in [9.17, 15) is 4.79 Å². The van der Waals surface area contributed by atoms with Crippen LogP contribution in [-0.2, 0) is 4.79 Å². The minimum Gasteiger partial charge on any atom is -0.495 e. The van der Waals surface area contributed by atoms with Gasteiger partial charge in [0.1, 0.15) is 29.5 Å². The molecule has 236 valence electrons. The van der Waals surface area contributed by atoms with Crippen LogP contribution in [0.15, 0.2) is 73.7 Å². The molecule has 0 spiro atoms. The number of piperidine rings is 1. The number of nitrogens with zero attached hydrogens (tertiary/aromatic N) is 8. The molecule has 5 aromatic rings. The van der Waals surface area contributed by atoms with Gasteiger partial charge in [0.2, 0.25) is 11.8 Å². The smallest absolute Gasteiger partial charge is 0.245 e. The first kappa shape index (κ1) is 30.2. The van der Waals surface area contributed by atoms with Crippen LogP contribution in [-0.4, -0.2) is 81.1 Å². The number of amides is 1. The molecule has 1 aliphatic heterocycles. The summed E-state index contributed by atoms with van der Waals surface area (Å²) in [6.07, 6.45) is 5.99. The lowest BCUT2D eigenvalue weighted by atomic mass is 10.0. The normalized spacial score (nSPS) is 13.3. The Hall–Kier alpha value is -5.79. The molecule has 0 bridgehead atoms. The van der Waals surface area contributed by atoms with E-state index in [4.69, 9.17) is 9.47 Å². The first-order valence-electron chi connectivity index (χ1n) is 14.6. The van der Waals surface area contributed by atoms with E-state index < -0.39 is 5.82 Å². The van der Waals surface area contributed by atoms with Crippen molar-refractivity contribution in [1.29, 1.82) is 0 Å². The number of hydrogen-bond acceptors (Lipinski definition) is 11. The van der Waals surface area contributed by atoms with Crippen molar-refractivity contribution >= 4 is 39.8 Å². The largest absolute Gasteiger partial charge is 0.495 e. The van der Waals surface area contributed by atoms with Crippen LogP contribution in [0.25, 0.3) is 16.7 Å². The number of methoxy groups -OCH3 is 1. The van der Waals surface area contributed by atoms with E-state index in [1.54, 1.807) is 42.5 Å². The zero-order valence-electron chi connectivity index (χ0n) is 25.6. The highest BCUT2D eigenvalue weighted by molar-refractivity contribution is 5.95. The number of anilines is 4. The first-order chi connectivity index (χ1) is 22.3. The summed E-state index contributed by atoms with van der Waals surface area (Å²) in [6, 6.07) is 13.6. The van der Waals surface area contributed by atoms with E-state index >= 15 is 4.39 Å². The fraction of sp³-hybridized carbons (Fsp3) is 0.250. The van der Waals surface area contributed by atoms with E-state index in [1.165, 1.54) is 23.2 Å². The quantitative estimate of drug-likeness (QED) is 0.205. The van der Waals surface area contributed by atoms with Crippen molar-refractivity contribution < 1.29 is 18.7 Å². The minimum atomic E-state index is -0.540. The average Bonchev–Trinajstić information content (AvgIpc) is 3.54. The number of hydrogen-bond donors (Lipinski definition) is 2. The number of benzene rings is 2. The number of carbonyl (C=O) groups excluding carboxylic acids is 1. The molecule has 2 N–H and O–H groups in total. The van der Waals surface area contributed by atoms with Gasteiger partial charge in [0.25, 0.3) is 0 Å². The third-order valence-corrected chi connectivity index (χ3v) is 7.61. The third-order valence-electron chi connectivity index (χ3n) is 7.61. The van der Waals surface area contributed by atoms with Crippen LogP contribution < -0.4 is 25.0 Å². The average molecular weight is 625 g/mol. The van der Waals surface area contributed by atoms with E-state index in [0.717, 1.165) is 24.3 Å². The molecule has 0 atom stereocenters. The summed E-state index contributed by atoms with van der Waals surface area (Å²) in [7, 11) is 5.36. The van der Waals surface area contributed by atoms with Crippen molar-refractivity contribution in [1.82, 2.24) is 34.8 Å². The lowest BCUT2D eigenvalue weighted by Crippen LogP contribution is -2.41. The first-order valence-corrected chi connectivity index (χ1v) is 14.6. The van der Waals surface area contributed by atoms with Gasteiger partial charge >= 0.3 is 0 Å². The van der Waals surface area contributed by atoms with Gasteiger partial charge < -0.3 is 29.9 Å². The monoisotopic (exact) mass is 624 g/mol. The van der Waals surface area contributed by atoms with Crippen molar-refractivity contribution in [3.63, 3.8) is 0 Å². The summed E-state index contributed by atoms with van der Waals surface area (Å²) >= 11 is 0. The highest BCUT2D eigenvalue weighted by Crippen LogP contribution is 2.35. The number of likely N-dealkylation sites (tertiary alicyclic amines) is 1. The van der Waals surface area contributed by atoms with Gasteiger partial charge in [-0.25, -0.2) is 19.0 Å². The molecular formula is C32H33FN10O3. The molecule has 0 saturated carbocycles. The summed E-state index contributed by atoms with van der Waals surface area (Å²) < 4.78 is 28.3. The predicted octanol–water partition coefficient (Wildman–Crippen LogP) is 4.94. The second-order valence-corrected chi connectivity index (χ2v) is 10.9. The van der Waals surface area contributed by atoms with Gasteiger partial charge in [-0.2, -0.15) is 0 Å². The number of ether oxygens (including phenoxy) is 2. The lowest BCUT2D eigenvalue weighted by molar-refractivity contribution is -0.126. The molecule has 2 aromatic carbocycles. The highest BCUT2D eigenvalue weighted by atomic mass is 19.1. The Morgan fingerprint density at radius 2 is 1.89 bits per heavy atom. The number of halogens is 1. The Kier molecular flexibility index (Phi) is 8.59. The fourth-order valence-electron chi connectivity index (χ4n) is 5.14. The molecule has 1 amide bonds. The van der Waals surface area contributed by atoms with Crippen LogP contribution in [0, 0.1) is 5.82 Å². The molecule has 3 aromatic heterocycles. The van der Waals surface area contributed by atoms with Gasteiger partial charge in [-0.05, 0) is 49.2 Å². The zero-order valence-corrected chi connectivity index (χ0v) is 25.6. The molecule has 1 fully saturated rings. The maximum atomic E-state index is 15.3. The highest BCUT2D eigenvalue weighted by Gasteiger charge is 2.23. The SMILES string of the molecule is C=CC(=O)N1CCC(Nc2cc3c(Nc4ccc(Oc5ccn(-c6ccc(N(C)C)nn6)n5)cc4F)ncnc3cc2OC)CC1. The fourth-order valence-corrected chi connectivity index (χ4v) is 5.14. The van der Waals surface area contributed by atoms with Gasteiger partial charge in [-0.3, -0.25) is 4.79 Å². The zero-order chi connectivity index (χ0) is 32.2.